The first-order valence-electron chi connectivity index (χ1n) is 8.63. The van der Waals surface area contributed by atoms with Gasteiger partial charge in [0.25, 0.3) is 0 Å². The molecule has 0 heterocycles. The van der Waals surface area contributed by atoms with Crippen LogP contribution in [-0.2, 0) is 14.3 Å². The van der Waals surface area contributed by atoms with Crippen LogP contribution in [0.1, 0.15) is 38.1 Å². The molecule has 0 bridgehead atoms. The minimum absolute atomic E-state index is 0.0302. The van der Waals surface area contributed by atoms with E-state index in [2.05, 4.69) is 0 Å². The number of ether oxygens (including phenoxy) is 4. The summed E-state index contributed by atoms with van der Waals surface area (Å²) in [6.45, 7) is 6.33. The van der Waals surface area contributed by atoms with Crippen molar-refractivity contribution < 1.29 is 42.4 Å². The Labute approximate surface area is 162 Å². The van der Waals surface area contributed by atoms with Crippen LogP contribution in [0.5, 0.6) is 11.5 Å². The van der Waals surface area contributed by atoms with Crippen LogP contribution >= 0.6 is 0 Å². The zero-order valence-corrected chi connectivity index (χ0v) is 16.7. The van der Waals surface area contributed by atoms with Crippen molar-refractivity contribution in [3.05, 3.63) is 23.8 Å². The lowest BCUT2D eigenvalue weighted by Gasteiger charge is -2.30. The fraction of sp³-hybridized carbons (Fsp3) is 0.579. The van der Waals surface area contributed by atoms with Gasteiger partial charge in [0.05, 0.1) is 12.7 Å². The van der Waals surface area contributed by atoms with Crippen LogP contribution in [-0.4, -0.2) is 44.5 Å². The molecule has 1 aromatic rings. The maximum absolute atomic E-state index is 13.8. The summed E-state index contributed by atoms with van der Waals surface area (Å²) in [5, 5.41) is 10.7. The first-order valence-corrected chi connectivity index (χ1v) is 8.63. The van der Waals surface area contributed by atoms with Crippen molar-refractivity contribution in [3.8, 4) is 11.5 Å². The van der Waals surface area contributed by atoms with Crippen molar-refractivity contribution >= 4 is 11.9 Å². The van der Waals surface area contributed by atoms with Gasteiger partial charge < -0.3 is 28.8 Å². The van der Waals surface area contributed by atoms with Crippen LogP contribution in [0.4, 0.5) is 8.78 Å². The maximum Gasteiger partial charge on any atom is 0.338 e. The van der Waals surface area contributed by atoms with Crippen LogP contribution in [0.2, 0.25) is 0 Å². The molecule has 0 aromatic heterocycles. The number of carboxylic acid groups (broad SMARTS) is 1. The smallest absolute Gasteiger partial charge is 0.338 e. The summed E-state index contributed by atoms with van der Waals surface area (Å²) in [5.41, 5.74) is -0.116. The number of benzene rings is 1. The van der Waals surface area contributed by atoms with Crippen molar-refractivity contribution in [3.63, 3.8) is 0 Å². The second-order valence-electron chi connectivity index (χ2n) is 6.81. The van der Waals surface area contributed by atoms with E-state index in [1.165, 1.54) is 46.3 Å². The Morgan fingerprint density at radius 2 is 1.64 bits per heavy atom. The van der Waals surface area contributed by atoms with Crippen LogP contribution in [0.15, 0.2) is 18.2 Å². The fourth-order valence-corrected chi connectivity index (χ4v) is 2.41. The predicted octanol–water partition coefficient (Wildman–Crippen LogP) is 2.27. The van der Waals surface area contributed by atoms with Gasteiger partial charge in [0.1, 0.15) is 5.97 Å². The van der Waals surface area contributed by atoms with Gasteiger partial charge in [0, 0.05) is 13.0 Å². The van der Waals surface area contributed by atoms with Crippen LogP contribution < -0.4 is 14.6 Å². The molecule has 0 radical (unpaired) electrons. The lowest BCUT2D eigenvalue weighted by molar-refractivity contribution is -0.337. The highest BCUT2D eigenvalue weighted by Crippen LogP contribution is 2.32. The summed E-state index contributed by atoms with van der Waals surface area (Å²) < 4.78 is 48.6. The number of carbonyl (C=O) groups excluding carboxylic acids is 2. The third-order valence-corrected chi connectivity index (χ3v) is 3.89. The molecule has 0 aliphatic carbocycles. The Hall–Kier alpha value is -2.42. The summed E-state index contributed by atoms with van der Waals surface area (Å²) in [5.74, 6) is -8.65. The predicted molar refractivity (Wildman–Crippen MR) is 93.3 cm³/mol. The number of carbonyl (C=O) groups is 2. The van der Waals surface area contributed by atoms with Crippen molar-refractivity contribution in [1.29, 1.82) is 0 Å². The summed E-state index contributed by atoms with van der Waals surface area (Å²) in [7, 11) is 2.84. The molecule has 0 N–H and O–H groups in total. The van der Waals surface area contributed by atoms with E-state index in [-0.39, 0.29) is 17.2 Å². The minimum atomic E-state index is -4.34. The number of carboxylic acids is 1. The van der Waals surface area contributed by atoms with Gasteiger partial charge >= 0.3 is 11.9 Å². The number of aliphatic carboxylic acids is 1. The molecule has 1 aromatic carbocycles. The highest BCUT2D eigenvalue weighted by atomic mass is 19.3. The molecule has 1 rings (SSSR count). The molecule has 0 aliphatic heterocycles. The highest BCUT2D eigenvalue weighted by Gasteiger charge is 2.46. The van der Waals surface area contributed by atoms with E-state index >= 15 is 0 Å². The Balaban J connectivity index is 3.17. The molecule has 0 aliphatic rings. The monoisotopic (exact) mass is 403 g/mol. The number of methoxy groups -OCH3 is 2. The topological polar surface area (TPSA) is 94.1 Å². The first kappa shape index (κ1) is 23.6. The van der Waals surface area contributed by atoms with Gasteiger partial charge in [-0.25, -0.2) is 4.79 Å². The van der Waals surface area contributed by atoms with E-state index in [1.54, 1.807) is 0 Å². The zero-order chi connectivity index (χ0) is 21.6. The van der Waals surface area contributed by atoms with E-state index in [0.717, 1.165) is 0 Å². The average Bonchev–Trinajstić information content (AvgIpc) is 2.62. The quantitative estimate of drug-likeness (QED) is 0.437. The summed E-state index contributed by atoms with van der Waals surface area (Å²) >= 11 is 0. The van der Waals surface area contributed by atoms with Gasteiger partial charge in [-0.05, 0) is 24.1 Å². The molecule has 2 atom stereocenters. The number of hydrogen-bond donors (Lipinski definition) is 0. The molecule has 7 nitrogen and oxygen atoms in total. The third kappa shape index (κ3) is 5.54. The van der Waals surface area contributed by atoms with Crippen molar-refractivity contribution in [1.82, 2.24) is 0 Å². The summed E-state index contributed by atoms with van der Waals surface area (Å²) in [6, 6.07) is 3.95. The number of rotatable bonds is 10. The Morgan fingerprint density at radius 3 is 2.07 bits per heavy atom. The molecule has 0 saturated heterocycles. The Morgan fingerprint density at radius 1 is 1.04 bits per heavy atom. The van der Waals surface area contributed by atoms with Gasteiger partial charge in [-0.1, -0.05) is 27.7 Å². The average molecular weight is 403 g/mol. The largest absolute Gasteiger partial charge is 0.544 e. The van der Waals surface area contributed by atoms with Crippen LogP contribution in [0.3, 0.4) is 0 Å². The second-order valence-corrected chi connectivity index (χ2v) is 6.81. The highest BCUT2D eigenvalue weighted by molar-refractivity contribution is 5.90. The molecule has 158 valence electrons. The maximum atomic E-state index is 13.8. The normalized spacial score (nSPS) is 13.9. The number of hydrogen-bond acceptors (Lipinski definition) is 7. The molecule has 28 heavy (non-hydrogen) atoms. The lowest BCUT2D eigenvalue weighted by Crippen LogP contribution is -2.53. The van der Waals surface area contributed by atoms with Crippen LogP contribution in [0.25, 0.3) is 0 Å². The molecule has 0 spiro atoms. The fourth-order valence-electron chi connectivity index (χ4n) is 2.41. The molecule has 2 unspecified atom stereocenters. The number of esters is 1. The first-order chi connectivity index (χ1) is 12.9. The van der Waals surface area contributed by atoms with Gasteiger partial charge in [-0.2, -0.15) is 8.78 Å². The number of alkyl halides is 2. The van der Waals surface area contributed by atoms with Crippen molar-refractivity contribution in [2.75, 3.05) is 14.2 Å². The van der Waals surface area contributed by atoms with Gasteiger partial charge in [-0.3, -0.25) is 0 Å². The molecular formula is C19H25F2O7-. The van der Waals surface area contributed by atoms with Crippen LogP contribution in [0, 0.1) is 11.8 Å². The summed E-state index contributed by atoms with van der Waals surface area (Å²) in [6.07, 6.45) is -2.84. The van der Waals surface area contributed by atoms with Gasteiger partial charge in [0.2, 0.25) is 6.29 Å². The minimum Gasteiger partial charge on any atom is -0.544 e. The Kier molecular flexibility index (Phi) is 8.16. The van der Waals surface area contributed by atoms with E-state index < -0.39 is 36.2 Å². The van der Waals surface area contributed by atoms with Gasteiger partial charge in [-0.15, -0.1) is 0 Å². The molecule has 9 heteroatoms. The molecule has 0 saturated carbocycles. The molecule has 0 amide bonds. The molecule has 0 fully saturated rings. The standard InChI is InChI=1S/C19H26F2O7/c1-10(2)15(19(20,21)18(23)24)28-16(22)12-7-8-13(25-5)14(9-12)27-17(26-6)11(3)4/h7-11,15,17H,1-6H3,(H,23,24)/p-1. The third-order valence-electron chi connectivity index (χ3n) is 3.89. The van der Waals surface area contributed by atoms with E-state index in [4.69, 9.17) is 18.9 Å². The second kappa shape index (κ2) is 9.68. The SMILES string of the molecule is COc1ccc(C(=O)OC(C(C)C)C(F)(F)C(=O)[O-])cc1OC(OC)C(C)C. The lowest BCUT2D eigenvalue weighted by atomic mass is 10.0. The number of halogens is 2. The summed E-state index contributed by atoms with van der Waals surface area (Å²) in [4.78, 5) is 23.1. The van der Waals surface area contributed by atoms with E-state index in [0.29, 0.717) is 5.75 Å². The van der Waals surface area contributed by atoms with Gasteiger partial charge in [0.15, 0.2) is 17.6 Å². The van der Waals surface area contributed by atoms with E-state index in [9.17, 15) is 23.5 Å². The van der Waals surface area contributed by atoms with Crippen molar-refractivity contribution in [2.45, 2.75) is 46.0 Å². The van der Waals surface area contributed by atoms with Crippen molar-refractivity contribution in [2.24, 2.45) is 11.8 Å². The Bertz CT molecular complexity index is 689. The zero-order valence-electron chi connectivity index (χ0n) is 16.7. The van der Waals surface area contributed by atoms with E-state index in [1.807, 2.05) is 13.8 Å². The molecular weight excluding hydrogens is 378 g/mol.